The Morgan fingerprint density at radius 3 is 2.79 bits per heavy atom. The molecule has 144 valence electrons. The lowest BCUT2D eigenvalue weighted by atomic mass is 10.1. The molecule has 6 nitrogen and oxygen atoms in total. The fraction of sp³-hybridized carbons (Fsp3) is 0.286. The van der Waals surface area contributed by atoms with E-state index in [1.54, 1.807) is 35.6 Å². The topological polar surface area (TPSA) is 83.1 Å². The quantitative estimate of drug-likeness (QED) is 0.588. The van der Waals surface area contributed by atoms with Gasteiger partial charge < -0.3 is 16.0 Å². The Kier molecular flexibility index (Phi) is 5.25. The number of hydrogen-bond acceptors (Lipinski definition) is 4. The first-order chi connectivity index (χ1) is 13.6. The van der Waals surface area contributed by atoms with E-state index in [2.05, 4.69) is 33.9 Å². The first-order valence-corrected chi connectivity index (χ1v) is 10.2. The molecule has 1 aliphatic carbocycles. The molecule has 1 unspecified atom stereocenters. The van der Waals surface area contributed by atoms with Gasteiger partial charge in [0.2, 0.25) is 0 Å². The van der Waals surface area contributed by atoms with Crippen LogP contribution in [-0.4, -0.2) is 29.5 Å². The molecule has 1 aromatic heterocycles. The largest absolute Gasteiger partial charge is 0.351 e. The van der Waals surface area contributed by atoms with E-state index in [1.165, 1.54) is 0 Å². The predicted octanol–water partition coefficient (Wildman–Crippen LogP) is 4.11. The molecule has 1 atom stereocenters. The van der Waals surface area contributed by atoms with E-state index in [1.807, 2.05) is 18.2 Å². The number of nitrogens with one attached hydrogen (secondary N) is 3. The number of benzene rings is 2. The summed E-state index contributed by atoms with van der Waals surface area (Å²) in [5.74, 6) is -0.0498. The molecule has 3 amide bonds. The van der Waals surface area contributed by atoms with Crippen LogP contribution in [0.5, 0.6) is 0 Å². The summed E-state index contributed by atoms with van der Waals surface area (Å²) in [6.45, 7) is 2.55. The Morgan fingerprint density at radius 2 is 2.00 bits per heavy atom. The van der Waals surface area contributed by atoms with Crippen LogP contribution in [0.25, 0.3) is 10.2 Å². The Bertz CT molecular complexity index is 979. The number of carbonyl (C=O) groups is 2. The number of urea groups is 1. The summed E-state index contributed by atoms with van der Waals surface area (Å²) >= 11 is 1.66. The number of thiazole rings is 1. The van der Waals surface area contributed by atoms with Crippen molar-refractivity contribution in [3.05, 3.63) is 59.1 Å². The minimum Gasteiger partial charge on any atom is -0.351 e. The number of anilines is 1. The zero-order chi connectivity index (χ0) is 19.5. The van der Waals surface area contributed by atoms with Crippen molar-refractivity contribution in [3.63, 3.8) is 0 Å². The number of hydrogen-bond donors (Lipinski definition) is 3. The van der Waals surface area contributed by atoms with Crippen molar-refractivity contribution in [2.75, 3.05) is 11.9 Å². The van der Waals surface area contributed by atoms with E-state index in [9.17, 15) is 9.59 Å². The maximum absolute atomic E-state index is 12.5. The molecule has 1 fully saturated rings. The van der Waals surface area contributed by atoms with Crippen molar-refractivity contribution >= 4 is 39.2 Å². The number of aromatic nitrogens is 1. The lowest BCUT2D eigenvalue weighted by molar-refractivity contribution is 0.0951. The highest BCUT2D eigenvalue weighted by atomic mass is 32.1. The highest BCUT2D eigenvalue weighted by Gasteiger charge is 2.23. The molecule has 0 aliphatic heterocycles. The summed E-state index contributed by atoms with van der Waals surface area (Å²) < 4.78 is 1.15. The van der Waals surface area contributed by atoms with Gasteiger partial charge in [0.05, 0.1) is 15.2 Å². The highest BCUT2D eigenvalue weighted by molar-refractivity contribution is 7.18. The minimum atomic E-state index is -0.232. The van der Waals surface area contributed by atoms with Crippen molar-refractivity contribution in [3.8, 4) is 0 Å². The second-order valence-electron chi connectivity index (χ2n) is 7.08. The SMILES string of the molecule is CC(CNC(=O)c1cccc(NC(=O)NC2CC2)c1)c1nc2ccccc2s1. The van der Waals surface area contributed by atoms with Crippen molar-refractivity contribution in [2.45, 2.75) is 31.7 Å². The molecule has 3 aromatic rings. The molecular formula is C21H22N4O2S. The van der Waals surface area contributed by atoms with Gasteiger partial charge in [-0.05, 0) is 43.2 Å². The third-order valence-corrected chi connectivity index (χ3v) is 5.86. The van der Waals surface area contributed by atoms with Crippen molar-refractivity contribution in [1.82, 2.24) is 15.6 Å². The van der Waals surface area contributed by atoms with Crippen LogP contribution >= 0.6 is 11.3 Å². The molecule has 1 aliphatic rings. The van der Waals surface area contributed by atoms with Crippen molar-refractivity contribution < 1.29 is 9.59 Å². The third kappa shape index (κ3) is 4.48. The normalized spacial score (nSPS) is 14.5. The maximum Gasteiger partial charge on any atom is 0.319 e. The maximum atomic E-state index is 12.5. The number of nitrogens with zero attached hydrogens (tertiary/aromatic N) is 1. The van der Waals surface area contributed by atoms with Gasteiger partial charge in [0.15, 0.2) is 0 Å². The lowest BCUT2D eigenvalue weighted by Crippen LogP contribution is -2.30. The summed E-state index contributed by atoms with van der Waals surface area (Å²) in [5.41, 5.74) is 2.11. The van der Waals surface area contributed by atoms with E-state index < -0.39 is 0 Å². The molecule has 0 radical (unpaired) electrons. The van der Waals surface area contributed by atoms with Gasteiger partial charge in [-0.2, -0.15) is 0 Å². The van der Waals surface area contributed by atoms with Crippen LogP contribution in [0, 0.1) is 0 Å². The number of rotatable bonds is 6. The minimum absolute atomic E-state index is 0.118. The fourth-order valence-corrected chi connectivity index (χ4v) is 3.87. The average molecular weight is 395 g/mol. The van der Waals surface area contributed by atoms with Gasteiger partial charge in [-0.3, -0.25) is 4.79 Å². The molecule has 1 heterocycles. The van der Waals surface area contributed by atoms with Crippen LogP contribution in [0.1, 0.15) is 41.0 Å². The zero-order valence-electron chi connectivity index (χ0n) is 15.6. The zero-order valence-corrected chi connectivity index (χ0v) is 16.4. The standard InChI is InChI=1S/C21H22N4O2S/c1-13(20-25-17-7-2-3-8-18(17)28-20)12-22-19(26)14-5-4-6-16(11-14)24-21(27)23-15-9-10-15/h2-8,11,13,15H,9-10,12H2,1H3,(H,22,26)(H2,23,24,27). The van der Waals surface area contributed by atoms with Crippen LogP contribution in [0.2, 0.25) is 0 Å². The molecule has 4 rings (SSSR count). The number of amides is 3. The second kappa shape index (κ2) is 7.98. The highest BCUT2D eigenvalue weighted by Crippen LogP contribution is 2.27. The van der Waals surface area contributed by atoms with Gasteiger partial charge >= 0.3 is 6.03 Å². The number of para-hydroxylation sites is 1. The smallest absolute Gasteiger partial charge is 0.319 e. The van der Waals surface area contributed by atoms with Gasteiger partial charge in [0, 0.05) is 29.8 Å². The van der Waals surface area contributed by atoms with Gasteiger partial charge in [0.25, 0.3) is 5.91 Å². The van der Waals surface area contributed by atoms with Crippen molar-refractivity contribution in [1.29, 1.82) is 0 Å². The number of fused-ring (bicyclic) bond motifs is 1. The van der Waals surface area contributed by atoms with Gasteiger partial charge in [-0.15, -0.1) is 11.3 Å². The summed E-state index contributed by atoms with van der Waals surface area (Å²) in [6.07, 6.45) is 2.06. The molecule has 0 saturated heterocycles. The Morgan fingerprint density at radius 1 is 1.18 bits per heavy atom. The summed E-state index contributed by atoms with van der Waals surface area (Å²) in [6, 6.07) is 15.0. The third-order valence-electron chi connectivity index (χ3n) is 4.60. The average Bonchev–Trinajstić information content (AvgIpc) is 3.39. The fourth-order valence-electron chi connectivity index (χ4n) is 2.85. The van der Waals surface area contributed by atoms with Crippen LogP contribution in [-0.2, 0) is 0 Å². The van der Waals surface area contributed by atoms with E-state index in [4.69, 9.17) is 0 Å². The van der Waals surface area contributed by atoms with Crippen LogP contribution in [0.4, 0.5) is 10.5 Å². The van der Waals surface area contributed by atoms with E-state index in [0.29, 0.717) is 17.8 Å². The summed E-state index contributed by atoms with van der Waals surface area (Å²) in [4.78, 5) is 29.0. The van der Waals surface area contributed by atoms with Gasteiger partial charge in [-0.25, -0.2) is 9.78 Å². The lowest BCUT2D eigenvalue weighted by Gasteiger charge is -2.11. The second-order valence-corrected chi connectivity index (χ2v) is 8.15. The first kappa shape index (κ1) is 18.4. The van der Waals surface area contributed by atoms with Crippen molar-refractivity contribution in [2.24, 2.45) is 0 Å². The van der Waals surface area contributed by atoms with E-state index in [0.717, 1.165) is 28.1 Å². The molecule has 28 heavy (non-hydrogen) atoms. The predicted molar refractivity (Wildman–Crippen MR) is 112 cm³/mol. The van der Waals surface area contributed by atoms with Crippen LogP contribution in [0.15, 0.2) is 48.5 Å². The van der Waals surface area contributed by atoms with E-state index in [-0.39, 0.29) is 23.9 Å². The van der Waals surface area contributed by atoms with Gasteiger partial charge in [0.1, 0.15) is 0 Å². The Balaban J connectivity index is 1.35. The Hall–Kier alpha value is -2.93. The van der Waals surface area contributed by atoms with Crippen LogP contribution < -0.4 is 16.0 Å². The first-order valence-electron chi connectivity index (χ1n) is 9.40. The molecule has 3 N–H and O–H groups in total. The van der Waals surface area contributed by atoms with E-state index >= 15 is 0 Å². The number of carbonyl (C=O) groups excluding carboxylic acids is 2. The molecule has 0 spiro atoms. The monoisotopic (exact) mass is 394 g/mol. The molecule has 1 saturated carbocycles. The molecule has 0 bridgehead atoms. The van der Waals surface area contributed by atoms with Crippen LogP contribution in [0.3, 0.4) is 0 Å². The molecule has 2 aromatic carbocycles. The Labute approximate surface area is 167 Å². The van der Waals surface area contributed by atoms with Gasteiger partial charge in [-0.1, -0.05) is 25.1 Å². The molecule has 7 heteroatoms. The summed E-state index contributed by atoms with van der Waals surface area (Å²) in [7, 11) is 0. The summed E-state index contributed by atoms with van der Waals surface area (Å²) in [5, 5.41) is 9.61. The molecular weight excluding hydrogens is 372 g/mol.